The maximum atomic E-state index is 12.6. The van der Waals surface area contributed by atoms with Gasteiger partial charge in [0.05, 0.1) is 0 Å². The number of rotatable bonds is 7. The minimum absolute atomic E-state index is 0. The van der Waals surface area contributed by atoms with E-state index < -0.39 is 0 Å². The SMILES string of the molecule is CC(C)CC(Cc1cccc(Br)c1)C(=O)NCC1=CCNCC1.Cl. The average Bonchev–Trinajstić information content (AvgIpc) is 2.52. The Kier molecular flexibility index (Phi) is 9.64. The van der Waals surface area contributed by atoms with E-state index in [0.717, 1.165) is 36.8 Å². The van der Waals surface area contributed by atoms with E-state index in [2.05, 4.69) is 58.6 Å². The van der Waals surface area contributed by atoms with Crippen molar-refractivity contribution in [2.45, 2.75) is 33.1 Å². The Bertz CT molecular complexity index is 560. The molecule has 0 saturated carbocycles. The molecule has 0 aromatic heterocycles. The first-order chi connectivity index (χ1) is 11.0. The molecule has 0 spiro atoms. The van der Waals surface area contributed by atoms with Gasteiger partial charge < -0.3 is 10.6 Å². The van der Waals surface area contributed by atoms with Crippen molar-refractivity contribution in [1.29, 1.82) is 0 Å². The Morgan fingerprint density at radius 1 is 1.38 bits per heavy atom. The van der Waals surface area contributed by atoms with Gasteiger partial charge in [-0.1, -0.05) is 53.6 Å². The summed E-state index contributed by atoms with van der Waals surface area (Å²) < 4.78 is 1.07. The van der Waals surface area contributed by atoms with Crippen molar-refractivity contribution in [3.05, 3.63) is 46.0 Å². The highest BCUT2D eigenvalue weighted by atomic mass is 79.9. The first-order valence-electron chi connectivity index (χ1n) is 8.45. The third-order valence-corrected chi connectivity index (χ3v) is 4.64. The van der Waals surface area contributed by atoms with Crippen molar-refractivity contribution in [2.24, 2.45) is 11.8 Å². The Morgan fingerprint density at radius 2 is 2.17 bits per heavy atom. The smallest absolute Gasteiger partial charge is 0.223 e. The normalized spacial score (nSPS) is 15.4. The Balaban J connectivity index is 0.00000288. The highest BCUT2D eigenvalue weighted by molar-refractivity contribution is 9.10. The van der Waals surface area contributed by atoms with Gasteiger partial charge in [-0.15, -0.1) is 12.4 Å². The third kappa shape index (κ3) is 7.37. The van der Waals surface area contributed by atoms with Gasteiger partial charge in [-0.05, 0) is 49.4 Å². The van der Waals surface area contributed by atoms with Gasteiger partial charge >= 0.3 is 0 Å². The van der Waals surface area contributed by atoms with Gasteiger partial charge in [0.25, 0.3) is 0 Å². The van der Waals surface area contributed by atoms with Crippen LogP contribution in [0.5, 0.6) is 0 Å². The molecule has 2 N–H and O–H groups in total. The van der Waals surface area contributed by atoms with Crippen LogP contribution >= 0.6 is 28.3 Å². The van der Waals surface area contributed by atoms with Crippen LogP contribution in [0.2, 0.25) is 0 Å². The van der Waals surface area contributed by atoms with Gasteiger partial charge in [0.15, 0.2) is 0 Å². The molecule has 3 nitrogen and oxygen atoms in total. The van der Waals surface area contributed by atoms with E-state index in [1.165, 1.54) is 11.1 Å². The molecule has 1 unspecified atom stereocenters. The van der Waals surface area contributed by atoms with Gasteiger partial charge in [0.2, 0.25) is 5.91 Å². The number of benzene rings is 1. The van der Waals surface area contributed by atoms with Crippen molar-refractivity contribution in [3.8, 4) is 0 Å². The largest absolute Gasteiger partial charge is 0.352 e. The topological polar surface area (TPSA) is 41.1 Å². The van der Waals surface area contributed by atoms with Crippen LogP contribution in [0, 0.1) is 11.8 Å². The summed E-state index contributed by atoms with van der Waals surface area (Å²) in [7, 11) is 0. The predicted molar refractivity (Wildman–Crippen MR) is 107 cm³/mol. The minimum Gasteiger partial charge on any atom is -0.352 e. The van der Waals surface area contributed by atoms with Crippen LogP contribution in [0.4, 0.5) is 0 Å². The molecular formula is C19H28BrClN2O. The monoisotopic (exact) mass is 414 g/mol. The molecule has 1 aliphatic rings. The summed E-state index contributed by atoms with van der Waals surface area (Å²) in [5, 5.41) is 6.44. The number of hydrogen-bond donors (Lipinski definition) is 2. The summed E-state index contributed by atoms with van der Waals surface area (Å²) in [6, 6.07) is 8.25. The van der Waals surface area contributed by atoms with E-state index in [1.807, 2.05) is 12.1 Å². The molecule has 1 amide bonds. The molecule has 1 aliphatic heterocycles. The molecule has 1 heterocycles. The first-order valence-corrected chi connectivity index (χ1v) is 9.24. The fraction of sp³-hybridized carbons (Fsp3) is 0.526. The Labute approximate surface area is 160 Å². The number of carbonyl (C=O) groups is 1. The first kappa shape index (κ1) is 21.2. The van der Waals surface area contributed by atoms with Gasteiger partial charge in [0, 0.05) is 23.5 Å². The van der Waals surface area contributed by atoms with Gasteiger partial charge in [0.1, 0.15) is 0 Å². The lowest BCUT2D eigenvalue weighted by molar-refractivity contribution is -0.125. The van der Waals surface area contributed by atoms with E-state index in [1.54, 1.807) is 0 Å². The molecule has 0 aliphatic carbocycles. The molecular weight excluding hydrogens is 388 g/mol. The molecule has 5 heteroatoms. The fourth-order valence-corrected chi connectivity index (χ4v) is 3.42. The maximum absolute atomic E-state index is 12.6. The van der Waals surface area contributed by atoms with Crippen LogP contribution in [0.3, 0.4) is 0 Å². The number of amides is 1. The van der Waals surface area contributed by atoms with Crippen LogP contribution in [0.15, 0.2) is 40.4 Å². The van der Waals surface area contributed by atoms with Crippen LogP contribution in [0.25, 0.3) is 0 Å². The van der Waals surface area contributed by atoms with Gasteiger partial charge in [-0.2, -0.15) is 0 Å². The summed E-state index contributed by atoms with van der Waals surface area (Å²) in [4.78, 5) is 12.6. The predicted octanol–water partition coefficient (Wildman–Crippen LogP) is 4.11. The van der Waals surface area contributed by atoms with Crippen molar-refractivity contribution in [1.82, 2.24) is 10.6 Å². The summed E-state index contributed by atoms with van der Waals surface area (Å²) >= 11 is 3.51. The van der Waals surface area contributed by atoms with E-state index in [-0.39, 0.29) is 24.2 Å². The molecule has 1 atom stereocenters. The number of carbonyl (C=O) groups excluding carboxylic acids is 1. The van der Waals surface area contributed by atoms with Crippen molar-refractivity contribution in [2.75, 3.05) is 19.6 Å². The minimum atomic E-state index is 0. The van der Waals surface area contributed by atoms with E-state index >= 15 is 0 Å². The van der Waals surface area contributed by atoms with Crippen molar-refractivity contribution < 1.29 is 4.79 Å². The molecule has 1 aromatic rings. The standard InChI is InChI=1S/C19H27BrN2O.ClH/c1-14(2)10-17(11-16-4-3-5-18(20)12-16)19(23)22-13-15-6-8-21-9-7-15;/h3-6,12,14,17,21H,7-11,13H2,1-2H3,(H,22,23);1H. The van der Waals surface area contributed by atoms with Crippen LogP contribution in [-0.2, 0) is 11.2 Å². The lowest BCUT2D eigenvalue weighted by Gasteiger charge is -2.20. The maximum Gasteiger partial charge on any atom is 0.223 e. The van der Waals surface area contributed by atoms with Gasteiger partial charge in [-0.3, -0.25) is 4.79 Å². The number of hydrogen-bond acceptors (Lipinski definition) is 2. The van der Waals surface area contributed by atoms with E-state index in [4.69, 9.17) is 0 Å². The van der Waals surface area contributed by atoms with Crippen molar-refractivity contribution in [3.63, 3.8) is 0 Å². The molecule has 1 aromatic carbocycles. The van der Waals surface area contributed by atoms with Crippen molar-refractivity contribution >= 4 is 34.2 Å². The molecule has 0 saturated heterocycles. The summed E-state index contributed by atoms with van der Waals surface area (Å²) in [6.45, 7) is 6.97. The molecule has 134 valence electrons. The van der Waals surface area contributed by atoms with Crippen LogP contribution < -0.4 is 10.6 Å². The van der Waals surface area contributed by atoms with Crippen LogP contribution in [-0.4, -0.2) is 25.5 Å². The third-order valence-electron chi connectivity index (χ3n) is 4.15. The highest BCUT2D eigenvalue weighted by Gasteiger charge is 2.20. The van der Waals surface area contributed by atoms with Crippen LogP contribution in [0.1, 0.15) is 32.3 Å². The zero-order valence-electron chi connectivity index (χ0n) is 14.5. The van der Waals surface area contributed by atoms with Gasteiger partial charge in [-0.25, -0.2) is 0 Å². The second-order valence-electron chi connectivity index (χ2n) is 6.69. The molecule has 24 heavy (non-hydrogen) atoms. The molecule has 0 bridgehead atoms. The Morgan fingerprint density at radius 3 is 2.79 bits per heavy atom. The highest BCUT2D eigenvalue weighted by Crippen LogP contribution is 2.20. The lowest BCUT2D eigenvalue weighted by Crippen LogP contribution is -2.35. The molecule has 2 rings (SSSR count). The summed E-state index contributed by atoms with van der Waals surface area (Å²) in [5.41, 5.74) is 2.55. The summed E-state index contributed by atoms with van der Waals surface area (Å²) in [6.07, 6.45) is 4.93. The second-order valence-corrected chi connectivity index (χ2v) is 7.61. The molecule has 0 radical (unpaired) electrons. The fourth-order valence-electron chi connectivity index (χ4n) is 2.98. The average molecular weight is 416 g/mol. The quantitative estimate of drug-likeness (QED) is 0.658. The zero-order valence-corrected chi connectivity index (χ0v) is 16.9. The number of halogens is 2. The van der Waals surface area contributed by atoms with E-state index in [9.17, 15) is 4.79 Å². The lowest BCUT2D eigenvalue weighted by atomic mass is 9.90. The zero-order chi connectivity index (χ0) is 16.7. The number of nitrogens with one attached hydrogen (secondary N) is 2. The molecule has 0 fully saturated rings. The second kappa shape index (κ2) is 10.9. The van der Waals surface area contributed by atoms with E-state index in [0.29, 0.717) is 12.5 Å². The Hall–Kier alpha value is -0.840. The summed E-state index contributed by atoms with van der Waals surface area (Å²) in [5.74, 6) is 0.723.